The Kier molecular flexibility index (Phi) is 4.40. The molecule has 0 amide bonds. The Morgan fingerprint density at radius 2 is 1.76 bits per heavy atom. The molecule has 94 valence electrons. The normalized spacial score (nSPS) is 17.6. The Hall–Kier alpha value is 0.240. The maximum Gasteiger partial charge on any atom is 0.156 e. The van der Waals surface area contributed by atoms with Crippen molar-refractivity contribution in [3.63, 3.8) is 0 Å². The van der Waals surface area contributed by atoms with Crippen molar-refractivity contribution >= 4 is 47.4 Å². The maximum atomic E-state index is 6.06. The third-order valence-corrected chi connectivity index (χ3v) is 4.69. The summed E-state index contributed by atoms with van der Waals surface area (Å²) >= 11 is 22.3. The van der Waals surface area contributed by atoms with Gasteiger partial charge in [-0.1, -0.05) is 41.2 Å². The molecular weight excluding hydrogens is 299 g/mol. The van der Waals surface area contributed by atoms with E-state index in [0.29, 0.717) is 27.4 Å². The van der Waals surface area contributed by atoms with Gasteiger partial charge < -0.3 is 4.74 Å². The second-order valence-corrected chi connectivity index (χ2v) is 6.07. The zero-order valence-electron chi connectivity index (χ0n) is 9.18. The van der Waals surface area contributed by atoms with E-state index < -0.39 is 0 Å². The molecule has 1 aromatic rings. The molecule has 17 heavy (non-hydrogen) atoms. The number of hydrogen-bond donors (Lipinski definition) is 1. The minimum Gasteiger partial charge on any atom is -0.490 e. The molecule has 0 bridgehead atoms. The van der Waals surface area contributed by atoms with E-state index in [9.17, 15) is 0 Å². The molecule has 0 aliphatic heterocycles. The summed E-state index contributed by atoms with van der Waals surface area (Å²) in [7, 11) is 0. The fourth-order valence-corrected chi connectivity index (χ4v) is 3.25. The van der Waals surface area contributed by atoms with Crippen molar-refractivity contribution < 1.29 is 4.74 Å². The van der Waals surface area contributed by atoms with Gasteiger partial charge in [0.15, 0.2) is 5.75 Å². The Morgan fingerprint density at radius 3 is 2.18 bits per heavy atom. The van der Waals surface area contributed by atoms with Gasteiger partial charge >= 0.3 is 0 Å². The number of thiol groups is 1. The van der Waals surface area contributed by atoms with Crippen LogP contribution in [0.3, 0.4) is 0 Å². The molecule has 0 saturated heterocycles. The lowest BCUT2D eigenvalue weighted by molar-refractivity contribution is 0.0831. The van der Waals surface area contributed by atoms with Crippen LogP contribution >= 0.6 is 47.4 Å². The Morgan fingerprint density at radius 1 is 1.18 bits per heavy atom. The van der Waals surface area contributed by atoms with Crippen molar-refractivity contribution in [2.24, 2.45) is 5.41 Å². The van der Waals surface area contributed by atoms with Crippen LogP contribution in [0.5, 0.6) is 5.75 Å². The van der Waals surface area contributed by atoms with Gasteiger partial charge in [0, 0.05) is 10.4 Å². The minimum atomic E-state index is 0.190. The molecule has 2 rings (SSSR count). The minimum absolute atomic E-state index is 0.190. The zero-order valence-corrected chi connectivity index (χ0v) is 12.3. The molecule has 1 aromatic carbocycles. The van der Waals surface area contributed by atoms with Gasteiger partial charge in [-0.2, -0.15) is 12.6 Å². The van der Waals surface area contributed by atoms with Crippen LogP contribution in [0.25, 0.3) is 0 Å². The lowest BCUT2D eigenvalue weighted by Gasteiger charge is -2.40. The van der Waals surface area contributed by atoms with Crippen molar-refractivity contribution in [3.8, 4) is 5.75 Å². The van der Waals surface area contributed by atoms with Crippen LogP contribution in [-0.4, -0.2) is 12.4 Å². The molecule has 0 radical (unpaired) electrons. The summed E-state index contributed by atoms with van der Waals surface area (Å²) in [6, 6.07) is 3.27. The van der Waals surface area contributed by atoms with Crippen LogP contribution in [0.1, 0.15) is 19.3 Å². The molecule has 0 aromatic heterocycles. The standard InChI is InChI=1S/C12H13Cl3OS/c13-8-4-9(14)11(10(15)5-8)16-6-12(7-17)2-1-3-12/h4-5,17H,1-3,6-7H2. The Balaban J connectivity index is 2.09. The summed E-state index contributed by atoms with van der Waals surface area (Å²) in [5.41, 5.74) is 0.190. The third kappa shape index (κ3) is 2.98. The largest absolute Gasteiger partial charge is 0.490 e. The van der Waals surface area contributed by atoms with Gasteiger partial charge in [-0.15, -0.1) is 0 Å². The summed E-state index contributed by atoms with van der Waals surface area (Å²) in [6.45, 7) is 0.609. The van der Waals surface area contributed by atoms with Gasteiger partial charge in [-0.25, -0.2) is 0 Å². The second-order valence-electron chi connectivity index (χ2n) is 4.50. The zero-order chi connectivity index (χ0) is 12.5. The van der Waals surface area contributed by atoms with E-state index in [1.165, 1.54) is 6.42 Å². The lowest BCUT2D eigenvalue weighted by atomic mass is 9.71. The monoisotopic (exact) mass is 310 g/mol. The van der Waals surface area contributed by atoms with Crippen LogP contribution in [0, 0.1) is 5.41 Å². The quantitative estimate of drug-likeness (QED) is 0.759. The van der Waals surface area contributed by atoms with Gasteiger partial charge in [0.05, 0.1) is 16.7 Å². The lowest BCUT2D eigenvalue weighted by Crippen LogP contribution is -2.37. The Labute approximate surface area is 122 Å². The molecule has 1 saturated carbocycles. The van der Waals surface area contributed by atoms with Gasteiger partial charge in [0.25, 0.3) is 0 Å². The highest BCUT2D eigenvalue weighted by atomic mass is 35.5. The van der Waals surface area contributed by atoms with Crippen LogP contribution in [0.2, 0.25) is 15.1 Å². The van der Waals surface area contributed by atoms with Gasteiger partial charge in [-0.3, -0.25) is 0 Å². The SMILES string of the molecule is SCC1(COc2c(Cl)cc(Cl)cc2Cl)CCC1. The molecule has 1 nitrogen and oxygen atoms in total. The first-order valence-electron chi connectivity index (χ1n) is 5.44. The molecule has 1 fully saturated rings. The summed E-state index contributed by atoms with van der Waals surface area (Å²) in [4.78, 5) is 0. The van der Waals surface area contributed by atoms with E-state index in [-0.39, 0.29) is 5.41 Å². The van der Waals surface area contributed by atoms with E-state index in [0.717, 1.165) is 18.6 Å². The van der Waals surface area contributed by atoms with Crippen LogP contribution in [-0.2, 0) is 0 Å². The molecule has 1 aliphatic carbocycles. The highest BCUT2D eigenvalue weighted by Crippen LogP contribution is 2.44. The highest BCUT2D eigenvalue weighted by molar-refractivity contribution is 7.80. The van der Waals surface area contributed by atoms with Crippen LogP contribution < -0.4 is 4.74 Å². The summed E-state index contributed by atoms with van der Waals surface area (Å²) in [6.07, 6.45) is 3.55. The number of hydrogen-bond acceptors (Lipinski definition) is 2. The molecule has 0 atom stereocenters. The molecule has 0 unspecified atom stereocenters. The summed E-state index contributed by atoms with van der Waals surface area (Å²) < 4.78 is 5.75. The first kappa shape index (κ1) is 13.7. The van der Waals surface area contributed by atoms with Crippen molar-refractivity contribution in [3.05, 3.63) is 27.2 Å². The topological polar surface area (TPSA) is 9.23 Å². The van der Waals surface area contributed by atoms with Crippen LogP contribution in [0.15, 0.2) is 12.1 Å². The smallest absolute Gasteiger partial charge is 0.156 e. The molecule has 5 heteroatoms. The van der Waals surface area contributed by atoms with Gasteiger partial charge in [0.1, 0.15) is 0 Å². The molecule has 1 aliphatic rings. The summed E-state index contributed by atoms with van der Waals surface area (Å²) in [5.74, 6) is 1.35. The first-order chi connectivity index (χ1) is 8.06. The molecule has 0 N–H and O–H groups in total. The number of halogens is 3. The second kappa shape index (κ2) is 5.48. The van der Waals surface area contributed by atoms with E-state index in [1.807, 2.05) is 0 Å². The number of ether oxygens (including phenoxy) is 1. The molecule has 0 spiro atoms. The fourth-order valence-electron chi connectivity index (χ4n) is 1.92. The van der Waals surface area contributed by atoms with E-state index in [1.54, 1.807) is 12.1 Å². The van der Waals surface area contributed by atoms with E-state index in [2.05, 4.69) is 12.6 Å². The third-order valence-electron chi connectivity index (χ3n) is 3.24. The van der Waals surface area contributed by atoms with Crippen molar-refractivity contribution in [2.45, 2.75) is 19.3 Å². The molecule has 0 heterocycles. The molecular formula is C12H13Cl3OS. The van der Waals surface area contributed by atoms with Gasteiger partial charge in [-0.05, 0) is 30.7 Å². The number of benzene rings is 1. The van der Waals surface area contributed by atoms with Crippen LogP contribution in [0.4, 0.5) is 0 Å². The summed E-state index contributed by atoms with van der Waals surface area (Å²) in [5, 5.41) is 1.42. The number of rotatable bonds is 4. The average molecular weight is 312 g/mol. The van der Waals surface area contributed by atoms with E-state index >= 15 is 0 Å². The van der Waals surface area contributed by atoms with Crippen molar-refractivity contribution in [2.75, 3.05) is 12.4 Å². The van der Waals surface area contributed by atoms with Crippen molar-refractivity contribution in [1.82, 2.24) is 0 Å². The fraction of sp³-hybridized carbons (Fsp3) is 0.500. The van der Waals surface area contributed by atoms with E-state index in [4.69, 9.17) is 39.5 Å². The van der Waals surface area contributed by atoms with Gasteiger partial charge in [0.2, 0.25) is 0 Å². The highest BCUT2D eigenvalue weighted by Gasteiger charge is 2.36. The average Bonchev–Trinajstić information content (AvgIpc) is 2.19. The first-order valence-corrected chi connectivity index (χ1v) is 7.21. The predicted molar refractivity (Wildman–Crippen MR) is 77.1 cm³/mol. The Bertz CT molecular complexity index is 390. The van der Waals surface area contributed by atoms with Crippen molar-refractivity contribution in [1.29, 1.82) is 0 Å². The maximum absolute atomic E-state index is 6.06. The predicted octanol–water partition coefficient (Wildman–Crippen LogP) is 5.13.